The number of anilines is 3. The summed E-state index contributed by atoms with van der Waals surface area (Å²) in [5.41, 5.74) is 11.9. The highest BCUT2D eigenvalue weighted by atomic mass is 15.1. The van der Waals surface area contributed by atoms with E-state index < -0.39 is 0 Å². The van der Waals surface area contributed by atoms with Gasteiger partial charge in [-0.1, -0.05) is 133 Å². The van der Waals surface area contributed by atoms with E-state index in [0.717, 1.165) is 39.6 Å². The van der Waals surface area contributed by atoms with Crippen molar-refractivity contribution in [2.75, 3.05) is 4.90 Å². The van der Waals surface area contributed by atoms with Crippen molar-refractivity contribution in [1.29, 1.82) is 0 Å². The first kappa shape index (κ1) is 26.2. The van der Waals surface area contributed by atoms with E-state index in [1.54, 1.807) is 0 Å². The Morgan fingerprint density at radius 1 is 0.279 bits per heavy atom. The van der Waals surface area contributed by atoms with Crippen molar-refractivity contribution in [3.05, 3.63) is 182 Å². The second kappa shape index (κ2) is 12.0. The molecule has 2 heteroatoms. The molecule has 0 unspecified atom stereocenters. The number of benzene rings is 6. The molecule has 204 valence electrons. The summed E-state index contributed by atoms with van der Waals surface area (Å²) >= 11 is 0. The van der Waals surface area contributed by atoms with Crippen LogP contribution >= 0.6 is 0 Å². The third kappa shape index (κ3) is 5.72. The van der Waals surface area contributed by atoms with Gasteiger partial charge in [0.25, 0.3) is 0 Å². The van der Waals surface area contributed by atoms with Gasteiger partial charge in [0, 0.05) is 22.5 Å². The standard InChI is InChI=1S/C41H30N2/c1-5-15-31(16-6-1)33-19-13-21-35(27-33)40-29-39(43(37-23-9-3-10-24-37)38-25-11-4-12-26-38)30-41(42-40)36-22-14-20-34(28-36)32-17-7-2-8-18-32/h1-30H. The van der Waals surface area contributed by atoms with Crippen LogP contribution in [0.4, 0.5) is 17.1 Å². The Labute approximate surface area is 253 Å². The van der Waals surface area contributed by atoms with Gasteiger partial charge in [0.05, 0.1) is 17.1 Å². The number of para-hydroxylation sites is 2. The lowest BCUT2D eigenvalue weighted by molar-refractivity contribution is 1.24. The van der Waals surface area contributed by atoms with Crippen LogP contribution in [0.15, 0.2) is 182 Å². The molecular formula is C41H30N2. The van der Waals surface area contributed by atoms with E-state index >= 15 is 0 Å². The van der Waals surface area contributed by atoms with E-state index in [-0.39, 0.29) is 0 Å². The first-order valence-electron chi connectivity index (χ1n) is 14.6. The zero-order valence-corrected chi connectivity index (χ0v) is 23.7. The lowest BCUT2D eigenvalue weighted by atomic mass is 9.99. The Bertz CT molecular complexity index is 1810. The monoisotopic (exact) mass is 550 g/mol. The molecule has 6 aromatic carbocycles. The van der Waals surface area contributed by atoms with Crippen molar-refractivity contribution in [1.82, 2.24) is 4.98 Å². The molecule has 0 aliphatic heterocycles. The maximum absolute atomic E-state index is 5.29. The van der Waals surface area contributed by atoms with Crippen LogP contribution in [0.1, 0.15) is 0 Å². The smallest absolute Gasteiger partial charge is 0.0730 e. The molecule has 0 spiro atoms. The van der Waals surface area contributed by atoms with E-state index in [1.807, 2.05) is 0 Å². The lowest BCUT2D eigenvalue weighted by Crippen LogP contribution is -2.10. The normalized spacial score (nSPS) is 10.8. The summed E-state index contributed by atoms with van der Waals surface area (Å²) in [6, 6.07) is 63.8. The molecule has 0 radical (unpaired) electrons. The van der Waals surface area contributed by atoms with Gasteiger partial charge in [0.1, 0.15) is 0 Å². The molecule has 2 nitrogen and oxygen atoms in total. The van der Waals surface area contributed by atoms with Gasteiger partial charge in [0.2, 0.25) is 0 Å². The fourth-order valence-electron chi connectivity index (χ4n) is 5.52. The second-order valence-corrected chi connectivity index (χ2v) is 10.5. The topological polar surface area (TPSA) is 16.1 Å². The molecule has 7 rings (SSSR count). The summed E-state index contributed by atoms with van der Waals surface area (Å²) in [7, 11) is 0. The van der Waals surface area contributed by atoms with E-state index in [9.17, 15) is 0 Å². The van der Waals surface area contributed by atoms with Gasteiger partial charge < -0.3 is 4.90 Å². The van der Waals surface area contributed by atoms with E-state index in [1.165, 1.54) is 22.3 Å². The Balaban J connectivity index is 1.43. The van der Waals surface area contributed by atoms with Crippen molar-refractivity contribution >= 4 is 17.1 Å². The summed E-state index contributed by atoms with van der Waals surface area (Å²) in [6.45, 7) is 0. The highest BCUT2D eigenvalue weighted by molar-refractivity contribution is 5.83. The Kier molecular flexibility index (Phi) is 7.32. The molecule has 0 atom stereocenters. The van der Waals surface area contributed by atoms with Gasteiger partial charge in [-0.25, -0.2) is 4.98 Å². The third-order valence-corrected chi connectivity index (χ3v) is 7.63. The first-order chi connectivity index (χ1) is 21.3. The number of aromatic nitrogens is 1. The summed E-state index contributed by atoms with van der Waals surface area (Å²) in [4.78, 5) is 7.59. The maximum atomic E-state index is 5.29. The number of hydrogen-bond acceptors (Lipinski definition) is 2. The quantitative estimate of drug-likeness (QED) is 0.196. The third-order valence-electron chi connectivity index (χ3n) is 7.63. The molecule has 0 N–H and O–H groups in total. The summed E-state index contributed by atoms with van der Waals surface area (Å²) in [5, 5.41) is 0. The molecule has 0 aliphatic carbocycles. The molecule has 0 saturated carbocycles. The van der Waals surface area contributed by atoms with Crippen LogP contribution in [0.3, 0.4) is 0 Å². The highest BCUT2D eigenvalue weighted by Crippen LogP contribution is 2.39. The van der Waals surface area contributed by atoms with Crippen LogP contribution in [0.25, 0.3) is 44.8 Å². The molecule has 0 fully saturated rings. The summed E-state index contributed by atoms with van der Waals surface area (Å²) in [6.07, 6.45) is 0. The van der Waals surface area contributed by atoms with Gasteiger partial charge >= 0.3 is 0 Å². The minimum atomic E-state index is 0.923. The molecule has 0 saturated heterocycles. The van der Waals surface area contributed by atoms with Crippen molar-refractivity contribution in [3.63, 3.8) is 0 Å². The van der Waals surface area contributed by atoms with Gasteiger partial charge in [0.15, 0.2) is 0 Å². The molecule has 0 amide bonds. The van der Waals surface area contributed by atoms with Crippen LogP contribution in [-0.4, -0.2) is 4.98 Å². The SMILES string of the molecule is c1ccc(-c2cccc(-c3cc(N(c4ccccc4)c4ccccc4)cc(-c4cccc(-c5ccccc5)c4)n3)c2)cc1. The van der Waals surface area contributed by atoms with Crippen LogP contribution in [0.5, 0.6) is 0 Å². The lowest BCUT2D eigenvalue weighted by Gasteiger charge is -2.26. The van der Waals surface area contributed by atoms with Crippen molar-refractivity contribution in [2.45, 2.75) is 0 Å². The van der Waals surface area contributed by atoms with Gasteiger partial charge in [-0.05, 0) is 70.8 Å². The average molecular weight is 551 g/mol. The predicted octanol–water partition coefficient (Wildman–Crippen LogP) is 11.2. The zero-order valence-electron chi connectivity index (χ0n) is 23.7. The zero-order chi connectivity index (χ0) is 28.8. The van der Waals surface area contributed by atoms with E-state index in [4.69, 9.17) is 4.98 Å². The fourth-order valence-corrected chi connectivity index (χ4v) is 5.52. The minimum absolute atomic E-state index is 0.923. The minimum Gasteiger partial charge on any atom is -0.310 e. The van der Waals surface area contributed by atoms with Crippen LogP contribution in [0, 0.1) is 0 Å². The van der Waals surface area contributed by atoms with Gasteiger partial charge in [-0.15, -0.1) is 0 Å². The largest absolute Gasteiger partial charge is 0.310 e. The van der Waals surface area contributed by atoms with E-state index in [0.29, 0.717) is 0 Å². The number of hydrogen-bond donors (Lipinski definition) is 0. The molecule has 0 aliphatic rings. The maximum Gasteiger partial charge on any atom is 0.0730 e. The van der Waals surface area contributed by atoms with Crippen molar-refractivity contribution < 1.29 is 0 Å². The summed E-state index contributed by atoms with van der Waals surface area (Å²) in [5.74, 6) is 0. The highest BCUT2D eigenvalue weighted by Gasteiger charge is 2.17. The van der Waals surface area contributed by atoms with Crippen molar-refractivity contribution in [3.8, 4) is 44.8 Å². The number of pyridine rings is 1. The van der Waals surface area contributed by atoms with Gasteiger partial charge in [-0.3, -0.25) is 0 Å². The molecule has 1 heterocycles. The fraction of sp³-hybridized carbons (Fsp3) is 0. The second-order valence-electron chi connectivity index (χ2n) is 10.5. The Morgan fingerprint density at radius 3 is 1.05 bits per heavy atom. The molecule has 1 aromatic heterocycles. The summed E-state index contributed by atoms with van der Waals surface area (Å²) < 4.78 is 0. The van der Waals surface area contributed by atoms with Gasteiger partial charge in [-0.2, -0.15) is 0 Å². The number of nitrogens with zero attached hydrogens (tertiary/aromatic N) is 2. The Hall–Kier alpha value is -5.73. The van der Waals surface area contributed by atoms with Crippen LogP contribution < -0.4 is 4.90 Å². The Morgan fingerprint density at radius 2 is 0.628 bits per heavy atom. The molecule has 7 aromatic rings. The van der Waals surface area contributed by atoms with E-state index in [2.05, 4.69) is 187 Å². The van der Waals surface area contributed by atoms with Crippen LogP contribution in [-0.2, 0) is 0 Å². The van der Waals surface area contributed by atoms with Crippen molar-refractivity contribution in [2.24, 2.45) is 0 Å². The number of rotatable bonds is 7. The first-order valence-corrected chi connectivity index (χ1v) is 14.6. The van der Waals surface area contributed by atoms with Crippen LogP contribution in [0.2, 0.25) is 0 Å². The predicted molar refractivity (Wildman–Crippen MR) is 181 cm³/mol. The molecular weight excluding hydrogens is 520 g/mol. The average Bonchev–Trinajstić information content (AvgIpc) is 3.10. The molecule has 43 heavy (non-hydrogen) atoms. The molecule has 0 bridgehead atoms.